The molecule has 0 saturated carbocycles. The van der Waals surface area contributed by atoms with Crippen molar-refractivity contribution in [2.45, 2.75) is 12.8 Å². The Balaban J connectivity index is 2.91. The average Bonchev–Trinajstić information content (AvgIpc) is 2.55. The van der Waals surface area contributed by atoms with Gasteiger partial charge in [0.2, 0.25) is 0 Å². The standard InChI is InChI=1S/C8H12N2O4/c1-14-7(12)6-5(3-2-4-11)9-8(13)10-6/h11H,2-4H2,1H3,(H2,9,10,13). The fraction of sp³-hybridized carbons (Fsp3) is 0.500. The van der Waals surface area contributed by atoms with Crippen molar-refractivity contribution in [3.8, 4) is 0 Å². The van der Waals surface area contributed by atoms with Crippen molar-refractivity contribution in [2.75, 3.05) is 13.7 Å². The number of nitrogens with one attached hydrogen (secondary N) is 2. The number of aromatic nitrogens is 2. The lowest BCUT2D eigenvalue weighted by atomic mass is 10.2. The van der Waals surface area contributed by atoms with E-state index in [9.17, 15) is 9.59 Å². The van der Waals surface area contributed by atoms with Crippen molar-refractivity contribution < 1.29 is 14.6 Å². The molecule has 3 N–H and O–H groups in total. The molecule has 0 fully saturated rings. The Morgan fingerprint density at radius 2 is 2.21 bits per heavy atom. The Labute approximate surface area is 79.9 Å². The van der Waals surface area contributed by atoms with Gasteiger partial charge < -0.3 is 14.8 Å². The van der Waals surface area contributed by atoms with Crippen LogP contribution in [-0.2, 0) is 11.2 Å². The third kappa shape index (κ3) is 2.23. The van der Waals surface area contributed by atoms with Crippen molar-refractivity contribution in [1.29, 1.82) is 0 Å². The van der Waals surface area contributed by atoms with Gasteiger partial charge in [-0.1, -0.05) is 0 Å². The predicted octanol–water partition coefficient (Wildman–Crippen LogP) is -0.586. The van der Waals surface area contributed by atoms with Crippen molar-refractivity contribution in [3.63, 3.8) is 0 Å². The van der Waals surface area contributed by atoms with Gasteiger partial charge in [-0.05, 0) is 12.8 Å². The van der Waals surface area contributed by atoms with E-state index in [-0.39, 0.29) is 12.3 Å². The van der Waals surface area contributed by atoms with E-state index in [0.717, 1.165) is 0 Å². The van der Waals surface area contributed by atoms with E-state index in [1.807, 2.05) is 0 Å². The third-order valence-electron chi connectivity index (χ3n) is 1.78. The van der Waals surface area contributed by atoms with Crippen LogP contribution in [0.15, 0.2) is 4.79 Å². The number of H-pyrrole nitrogens is 2. The molecule has 0 saturated heterocycles. The van der Waals surface area contributed by atoms with Gasteiger partial charge in [0.05, 0.1) is 12.8 Å². The quantitative estimate of drug-likeness (QED) is 0.566. The van der Waals surface area contributed by atoms with Crippen LogP contribution in [0.4, 0.5) is 0 Å². The molecule has 0 spiro atoms. The summed E-state index contributed by atoms with van der Waals surface area (Å²) in [5.41, 5.74) is 0.153. The van der Waals surface area contributed by atoms with Gasteiger partial charge in [-0.3, -0.25) is 4.98 Å². The number of aliphatic hydroxyl groups excluding tert-OH is 1. The number of hydrogen-bond acceptors (Lipinski definition) is 4. The van der Waals surface area contributed by atoms with Gasteiger partial charge in [0.25, 0.3) is 0 Å². The van der Waals surface area contributed by atoms with Crippen LogP contribution in [0.1, 0.15) is 22.6 Å². The molecule has 0 aromatic carbocycles. The van der Waals surface area contributed by atoms with E-state index >= 15 is 0 Å². The van der Waals surface area contributed by atoms with Gasteiger partial charge in [0, 0.05) is 6.61 Å². The van der Waals surface area contributed by atoms with Gasteiger partial charge in [0.1, 0.15) is 5.69 Å². The van der Waals surface area contributed by atoms with E-state index in [4.69, 9.17) is 5.11 Å². The highest BCUT2D eigenvalue weighted by atomic mass is 16.5. The van der Waals surface area contributed by atoms with Crippen molar-refractivity contribution >= 4 is 5.97 Å². The van der Waals surface area contributed by atoms with Gasteiger partial charge in [-0.2, -0.15) is 0 Å². The van der Waals surface area contributed by atoms with Crippen LogP contribution in [0.5, 0.6) is 0 Å². The number of aromatic amines is 2. The summed E-state index contributed by atoms with van der Waals surface area (Å²) in [6.45, 7) is 0.00776. The fourth-order valence-corrected chi connectivity index (χ4v) is 1.14. The first-order valence-corrected chi connectivity index (χ1v) is 4.19. The predicted molar refractivity (Wildman–Crippen MR) is 48.2 cm³/mol. The summed E-state index contributed by atoms with van der Waals surface area (Å²) >= 11 is 0. The minimum Gasteiger partial charge on any atom is -0.464 e. The van der Waals surface area contributed by atoms with Crippen LogP contribution in [0.25, 0.3) is 0 Å². The van der Waals surface area contributed by atoms with E-state index < -0.39 is 11.7 Å². The van der Waals surface area contributed by atoms with Gasteiger partial charge in [-0.15, -0.1) is 0 Å². The Bertz CT molecular complexity index is 366. The van der Waals surface area contributed by atoms with Crippen molar-refractivity contribution in [3.05, 3.63) is 21.9 Å². The minimum absolute atomic E-state index is 0.00776. The summed E-state index contributed by atoms with van der Waals surface area (Å²) in [7, 11) is 1.24. The Hall–Kier alpha value is -1.56. The summed E-state index contributed by atoms with van der Waals surface area (Å²) in [6.07, 6.45) is 0.914. The Morgan fingerprint density at radius 1 is 1.50 bits per heavy atom. The molecule has 1 aromatic rings. The normalized spacial score (nSPS) is 10.1. The molecule has 0 atom stereocenters. The van der Waals surface area contributed by atoms with Crippen LogP contribution in [0.2, 0.25) is 0 Å². The van der Waals surface area contributed by atoms with Gasteiger partial charge in [0.15, 0.2) is 0 Å². The number of methoxy groups -OCH3 is 1. The number of hydrogen-bond donors (Lipinski definition) is 3. The number of carbonyl (C=O) groups excluding carboxylic acids is 1. The van der Waals surface area contributed by atoms with Crippen molar-refractivity contribution in [2.24, 2.45) is 0 Å². The van der Waals surface area contributed by atoms with Crippen LogP contribution >= 0.6 is 0 Å². The van der Waals surface area contributed by atoms with E-state index in [1.165, 1.54) is 7.11 Å². The number of aliphatic hydroxyl groups is 1. The number of ether oxygens (including phenoxy) is 1. The molecule has 0 aliphatic heterocycles. The molecular weight excluding hydrogens is 188 g/mol. The molecule has 6 nitrogen and oxygen atoms in total. The largest absolute Gasteiger partial charge is 0.464 e. The Kier molecular flexibility index (Phi) is 3.47. The highest BCUT2D eigenvalue weighted by Gasteiger charge is 2.14. The van der Waals surface area contributed by atoms with Crippen LogP contribution in [0, 0.1) is 0 Å². The molecule has 14 heavy (non-hydrogen) atoms. The topological polar surface area (TPSA) is 95.2 Å². The zero-order chi connectivity index (χ0) is 10.6. The first-order valence-electron chi connectivity index (χ1n) is 4.19. The maximum absolute atomic E-state index is 11.1. The second-order valence-electron chi connectivity index (χ2n) is 2.75. The number of aryl methyl sites for hydroxylation is 1. The summed E-state index contributed by atoms with van der Waals surface area (Å²) in [5, 5.41) is 8.60. The van der Waals surface area contributed by atoms with E-state index in [1.54, 1.807) is 0 Å². The highest BCUT2D eigenvalue weighted by Crippen LogP contribution is 2.04. The fourth-order valence-electron chi connectivity index (χ4n) is 1.14. The summed E-state index contributed by atoms with van der Waals surface area (Å²) in [4.78, 5) is 26.9. The van der Waals surface area contributed by atoms with E-state index in [2.05, 4.69) is 14.7 Å². The lowest BCUT2D eigenvalue weighted by molar-refractivity contribution is 0.0593. The summed E-state index contributed by atoms with van der Waals surface area (Å²) < 4.78 is 4.48. The zero-order valence-electron chi connectivity index (χ0n) is 7.79. The first-order chi connectivity index (χ1) is 6.69. The van der Waals surface area contributed by atoms with E-state index in [0.29, 0.717) is 18.5 Å². The molecule has 0 bridgehead atoms. The lowest BCUT2D eigenvalue weighted by Gasteiger charge is -1.99. The number of imidazole rings is 1. The molecule has 1 rings (SSSR count). The molecule has 0 amide bonds. The maximum atomic E-state index is 11.1. The number of carbonyl (C=O) groups is 1. The molecule has 0 radical (unpaired) electrons. The van der Waals surface area contributed by atoms with Crippen molar-refractivity contribution in [1.82, 2.24) is 9.97 Å². The summed E-state index contributed by atoms with van der Waals surface area (Å²) in [5.74, 6) is -0.587. The summed E-state index contributed by atoms with van der Waals surface area (Å²) in [6, 6.07) is 0. The van der Waals surface area contributed by atoms with Crippen LogP contribution < -0.4 is 5.69 Å². The number of rotatable bonds is 4. The number of esters is 1. The molecular formula is C8H12N2O4. The maximum Gasteiger partial charge on any atom is 0.356 e. The minimum atomic E-state index is -0.587. The molecule has 0 aliphatic rings. The first kappa shape index (κ1) is 10.5. The molecule has 78 valence electrons. The smallest absolute Gasteiger partial charge is 0.356 e. The Morgan fingerprint density at radius 3 is 2.79 bits per heavy atom. The third-order valence-corrected chi connectivity index (χ3v) is 1.78. The van der Waals surface area contributed by atoms with Gasteiger partial charge >= 0.3 is 11.7 Å². The monoisotopic (exact) mass is 200 g/mol. The molecule has 1 aromatic heterocycles. The second kappa shape index (κ2) is 4.61. The average molecular weight is 200 g/mol. The zero-order valence-corrected chi connectivity index (χ0v) is 7.79. The lowest BCUT2D eigenvalue weighted by Crippen LogP contribution is -2.07. The van der Waals surface area contributed by atoms with Crippen LogP contribution in [0.3, 0.4) is 0 Å². The van der Waals surface area contributed by atoms with Gasteiger partial charge in [-0.25, -0.2) is 9.59 Å². The molecule has 0 unspecified atom stereocenters. The highest BCUT2D eigenvalue weighted by molar-refractivity contribution is 5.88. The van der Waals surface area contributed by atoms with Crippen LogP contribution in [-0.4, -0.2) is 34.8 Å². The second-order valence-corrected chi connectivity index (χ2v) is 2.75. The molecule has 0 aliphatic carbocycles. The molecule has 6 heteroatoms. The SMILES string of the molecule is COC(=O)c1[nH]c(=O)[nH]c1CCCO. The molecule has 1 heterocycles.